The van der Waals surface area contributed by atoms with Crippen LogP contribution in [0.15, 0.2) is 0 Å². The Hall–Kier alpha value is -1.01. The fraction of sp³-hybridized carbons (Fsp3) is 0.882. The minimum atomic E-state index is -0.0385. The van der Waals surface area contributed by atoms with Gasteiger partial charge in [0.25, 0.3) is 0 Å². The molecule has 140 valence electrons. The lowest BCUT2D eigenvalue weighted by atomic mass is 9.96. The Bertz CT molecular complexity index is 370. The van der Waals surface area contributed by atoms with Crippen LogP contribution < -0.4 is 21.3 Å². The van der Waals surface area contributed by atoms with E-state index in [9.17, 15) is 9.59 Å². The molecule has 3 amide bonds. The number of carbonyl (C=O) groups excluding carboxylic acids is 2. The Kier molecular flexibility index (Phi) is 10.8. The summed E-state index contributed by atoms with van der Waals surface area (Å²) >= 11 is 0. The van der Waals surface area contributed by atoms with E-state index in [4.69, 9.17) is 0 Å². The van der Waals surface area contributed by atoms with Crippen molar-refractivity contribution in [1.82, 2.24) is 21.3 Å². The summed E-state index contributed by atoms with van der Waals surface area (Å²) in [4.78, 5) is 23.5. The molecule has 0 radical (unpaired) electrons. The van der Waals surface area contributed by atoms with Gasteiger partial charge in [0.15, 0.2) is 0 Å². The van der Waals surface area contributed by atoms with Gasteiger partial charge in [-0.1, -0.05) is 25.7 Å². The molecule has 24 heavy (non-hydrogen) atoms. The summed E-state index contributed by atoms with van der Waals surface area (Å²) in [6, 6.07) is 0.633. The quantitative estimate of drug-likeness (QED) is 0.500. The molecular weight excluding hydrogens is 328 g/mol. The molecule has 1 atom stereocenters. The number of unbranched alkanes of at least 4 members (excludes halogenated alkanes) is 2. The van der Waals surface area contributed by atoms with Gasteiger partial charge in [-0.2, -0.15) is 0 Å². The first-order chi connectivity index (χ1) is 11.2. The van der Waals surface area contributed by atoms with Crippen LogP contribution in [-0.2, 0) is 4.79 Å². The maximum absolute atomic E-state index is 11.8. The van der Waals surface area contributed by atoms with Crippen molar-refractivity contribution < 1.29 is 9.59 Å². The van der Waals surface area contributed by atoms with E-state index in [2.05, 4.69) is 21.3 Å². The van der Waals surface area contributed by atoms with Gasteiger partial charge >= 0.3 is 6.03 Å². The van der Waals surface area contributed by atoms with E-state index in [-0.39, 0.29) is 24.3 Å². The van der Waals surface area contributed by atoms with Gasteiger partial charge in [0, 0.05) is 31.6 Å². The summed E-state index contributed by atoms with van der Waals surface area (Å²) in [5.41, 5.74) is 0. The first-order valence-corrected chi connectivity index (χ1v) is 9.28. The number of rotatable bonds is 8. The first kappa shape index (κ1) is 21.0. The fourth-order valence-corrected chi connectivity index (χ4v) is 3.35. The lowest BCUT2D eigenvalue weighted by molar-refractivity contribution is -0.121. The van der Waals surface area contributed by atoms with Crippen LogP contribution in [0.2, 0.25) is 0 Å². The highest BCUT2D eigenvalue weighted by Gasteiger charge is 2.16. The average molecular weight is 361 g/mol. The van der Waals surface area contributed by atoms with Crippen molar-refractivity contribution in [2.75, 3.05) is 19.6 Å². The monoisotopic (exact) mass is 360 g/mol. The lowest BCUT2D eigenvalue weighted by Gasteiger charge is -2.22. The summed E-state index contributed by atoms with van der Waals surface area (Å²) in [5, 5.41) is 12.3. The summed E-state index contributed by atoms with van der Waals surface area (Å²) in [6.45, 7) is 2.58. The van der Waals surface area contributed by atoms with Crippen LogP contribution in [0.5, 0.6) is 0 Å². The van der Waals surface area contributed by atoms with Crippen molar-refractivity contribution in [3.63, 3.8) is 0 Å². The van der Waals surface area contributed by atoms with Crippen LogP contribution >= 0.6 is 12.4 Å². The molecule has 0 bridgehead atoms. The van der Waals surface area contributed by atoms with Crippen LogP contribution in [0.3, 0.4) is 0 Å². The van der Waals surface area contributed by atoms with Gasteiger partial charge < -0.3 is 21.3 Å². The van der Waals surface area contributed by atoms with Gasteiger partial charge in [-0.3, -0.25) is 4.79 Å². The molecule has 0 aromatic rings. The molecule has 1 saturated heterocycles. The van der Waals surface area contributed by atoms with E-state index in [1.54, 1.807) is 0 Å². The van der Waals surface area contributed by atoms with Gasteiger partial charge in [-0.05, 0) is 38.6 Å². The Morgan fingerprint density at radius 1 is 0.917 bits per heavy atom. The third-order valence-electron chi connectivity index (χ3n) is 4.73. The molecule has 1 aliphatic heterocycles. The normalized spacial score (nSPS) is 20.9. The maximum atomic E-state index is 11.8. The molecule has 0 aromatic carbocycles. The van der Waals surface area contributed by atoms with Crippen LogP contribution in [-0.4, -0.2) is 43.7 Å². The van der Waals surface area contributed by atoms with Crippen LogP contribution in [0, 0.1) is 0 Å². The first-order valence-electron chi connectivity index (χ1n) is 9.28. The predicted molar refractivity (Wildman–Crippen MR) is 98.5 cm³/mol. The number of carbonyl (C=O) groups is 2. The van der Waals surface area contributed by atoms with E-state index >= 15 is 0 Å². The van der Waals surface area contributed by atoms with Gasteiger partial charge in [0.05, 0.1) is 0 Å². The molecular formula is C17H33ClN4O2. The van der Waals surface area contributed by atoms with Gasteiger partial charge in [-0.25, -0.2) is 4.79 Å². The molecule has 7 heteroatoms. The second-order valence-corrected chi connectivity index (χ2v) is 6.80. The smallest absolute Gasteiger partial charge is 0.315 e. The summed E-state index contributed by atoms with van der Waals surface area (Å²) in [7, 11) is 0. The summed E-state index contributed by atoms with van der Waals surface area (Å²) in [6.07, 6.45) is 10.4. The number of halogens is 1. The highest BCUT2D eigenvalue weighted by Crippen LogP contribution is 2.17. The van der Waals surface area contributed by atoms with E-state index in [0.29, 0.717) is 25.0 Å². The van der Waals surface area contributed by atoms with Crippen LogP contribution in [0.1, 0.15) is 64.2 Å². The van der Waals surface area contributed by atoms with Crippen molar-refractivity contribution in [3.8, 4) is 0 Å². The van der Waals surface area contributed by atoms with Crippen LogP contribution in [0.25, 0.3) is 0 Å². The molecule has 2 fully saturated rings. The molecule has 1 heterocycles. The van der Waals surface area contributed by atoms with Crippen molar-refractivity contribution in [3.05, 3.63) is 0 Å². The zero-order valence-corrected chi connectivity index (χ0v) is 15.4. The Morgan fingerprint density at radius 2 is 1.71 bits per heavy atom. The lowest BCUT2D eigenvalue weighted by Crippen LogP contribution is -2.43. The fourth-order valence-electron chi connectivity index (χ4n) is 3.35. The van der Waals surface area contributed by atoms with E-state index in [0.717, 1.165) is 51.6 Å². The molecule has 6 nitrogen and oxygen atoms in total. The molecule has 1 unspecified atom stereocenters. The Labute approximate surface area is 151 Å². The summed E-state index contributed by atoms with van der Waals surface area (Å²) < 4.78 is 0. The zero-order chi connectivity index (χ0) is 16.3. The third-order valence-corrected chi connectivity index (χ3v) is 4.73. The molecule has 2 rings (SSSR count). The number of amides is 3. The second kappa shape index (κ2) is 12.4. The van der Waals surface area contributed by atoms with Gasteiger partial charge in [0.2, 0.25) is 5.91 Å². The molecule has 4 N–H and O–H groups in total. The maximum Gasteiger partial charge on any atom is 0.315 e. The number of nitrogens with one attached hydrogen (secondary N) is 4. The highest BCUT2D eigenvalue weighted by molar-refractivity contribution is 5.85. The highest BCUT2D eigenvalue weighted by atomic mass is 35.5. The minimum absolute atomic E-state index is 0. The van der Waals surface area contributed by atoms with E-state index < -0.39 is 0 Å². The second-order valence-electron chi connectivity index (χ2n) is 6.80. The van der Waals surface area contributed by atoms with Gasteiger partial charge in [-0.15, -0.1) is 12.4 Å². The minimum Gasteiger partial charge on any atom is -0.352 e. The molecule has 1 saturated carbocycles. The number of hydrogen-bond acceptors (Lipinski definition) is 3. The van der Waals surface area contributed by atoms with E-state index in [1.165, 1.54) is 19.3 Å². The van der Waals surface area contributed by atoms with E-state index in [1.807, 2.05) is 0 Å². The van der Waals surface area contributed by atoms with Crippen molar-refractivity contribution in [2.45, 2.75) is 76.3 Å². The number of urea groups is 1. The zero-order valence-electron chi connectivity index (χ0n) is 14.6. The van der Waals surface area contributed by atoms with Crippen molar-refractivity contribution in [1.29, 1.82) is 0 Å². The largest absolute Gasteiger partial charge is 0.352 e. The SMILES string of the molecule is Cl.O=C(CCCCCNC(=O)NC1CCCCC1)NC1CCNC1. The number of hydrogen-bond donors (Lipinski definition) is 4. The molecule has 1 aliphatic carbocycles. The Balaban J connectivity index is 0.00000288. The van der Waals surface area contributed by atoms with Crippen molar-refractivity contribution >= 4 is 24.3 Å². The third kappa shape index (κ3) is 8.73. The average Bonchev–Trinajstić information content (AvgIpc) is 3.04. The summed E-state index contributed by atoms with van der Waals surface area (Å²) in [5.74, 6) is 0.154. The van der Waals surface area contributed by atoms with Crippen LogP contribution in [0.4, 0.5) is 4.79 Å². The molecule has 0 aromatic heterocycles. The standard InChI is InChI=1S/C17H32N4O2.ClH/c22-16(20-15-10-12-18-13-15)9-5-2-6-11-19-17(23)21-14-7-3-1-4-8-14;/h14-15,18H,1-13H2,(H,20,22)(H2,19,21,23);1H. The van der Waals surface area contributed by atoms with Crippen molar-refractivity contribution in [2.24, 2.45) is 0 Å². The van der Waals surface area contributed by atoms with Gasteiger partial charge in [0.1, 0.15) is 0 Å². The molecule has 0 spiro atoms. The topological polar surface area (TPSA) is 82.3 Å². The Morgan fingerprint density at radius 3 is 2.42 bits per heavy atom. The molecule has 2 aliphatic rings. The predicted octanol–water partition coefficient (Wildman–Crippen LogP) is 2.08.